The van der Waals surface area contributed by atoms with Crippen LogP contribution in [0, 0.1) is 36.7 Å². The van der Waals surface area contributed by atoms with Crippen LogP contribution in [-0.2, 0) is 4.79 Å². The third-order valence-electron chi connectivity index (χ3n) is 8.11. The number of H-pyrrole nitrogens is 1. The number of aryl methyl sites for hydroxylation is 2. The predicted molar refractivity (Wildman–Crippen MR) is 146 cm³/mol. The Labute approximate surface area is 243 Å². The number of amides is 2. The van der Waals surface area contributed by atoms with Gasteiger partial charge in [-0.25, -0.2) is 17.8 Å². The highest BCUT2D eigenvalue weighted by Crippen LogP contribution is 2.61. The van der Waals surface area contributed by atoms with Crippen molar-refractivity contribution in [3.63, 3.8) is 0 Å². The van der Waals surface area contributed by atoms with Crippen molar-refractivity contribution in [3.8, 4) is 17.0 Å². The molecule has 3 N–H and O–H groups in total. The molecule has 4 aromatic rings. The van der Waals surface area contributed by atoms with E-state index in [1.165, 1.54) is 6.20 Å². The van der Waals surface area contributed by atoms with Gasteiger partial charge in [0.05, 0.1) is 24.2 Å². The maximum atomic E-state index is 15.3. The summed E-state index contributed by atoms with van der Waals surface area (Å²) in [5, 5.41) is 19.8. The number of carbonyl (C=O) groups is 2. The molecular weight excluding hydrogens is 567 g/mol. The predicted octanol–water partition coefficient (Wildman–Crippen LogP) is 4.71. The Bertz CT molecular complexity index is 1730. The molecule has 1 saturated carbocycles. The summed E-state index contributed by atoms with van der Waals surface area (Å²) in [5.74, 6) is -5.36. The highest BCUT2D eigenvalue weighted by atomic mass is 19.2. The largest absolute Gasteiger partial charge is 0.493 e. The first-order valence-electron chi connectivity index (χ1n) is 13.7. The molecular formula is C29H28F3N7O4. The minimum absolute atomic E-state index is 0.0256. The van der Waals surface area contributed by atoms with Gasteiger partial charge in [0.15, 0.2) is 23.1 Å². The molecule has 14 heteroatoms. The van der Waals surface area contributed by atoms with E-state index in [4.69, 9.17) is 9.37 Å². The van der Waals surface area contributed by atoms with Gasteiger partial charge in [-0.1, -0.05) is 19.0 Å². The minimum atomic E-state index is -1.33. The van der Waals surface area contributed by atoms with E-state index < -0.39 is 46.6 Å². The normalized spacial score (nSPS) is 17.3. The Hall–Kier alpha value is -4.75. The van der Waals surface area contributed by atoms with E-state index in [1.54, 1.807) is 27.7 Å². The monoisotopic (exact) mass is 595 g/mol. The van der Waals surface area contributed by atoms with E-state index in [-0.39, 0.29) is 46.6 Å². The van der Waals surface area contributed by atoms with Crippen molar-refractivity contribution in [2.45, 2.75) is 58.4 Å². The summed E-state index contributed by atoms with van der Waals surface area (Å²) in [7, 11) is 0. The van der Waals surface area contributed by atoms with E-state index in [0.717, 1.165) is 18.2 Å². The zero-order valence-electron chi connectivity index (χ0n) is 23.7. The van der Waals surface area contributed by atoms with Crippen molar-refractivity contribution in [3.05, 3.63) is 70.2 Å². The molecule has 0 radical (unpaired) electrons. The molecule has 1 spiro atoms. The molecule has 6 rings (SSSR count). The summed E-state index contributed by atoms with van der Waals surface area (Å²) in [6.07, 6.45) is 2.53. The molecule has 1 unspecified atom stereocenters. The molecule has 11 nitrogen and oxygen atoms in total. The van der Waals surface area contributed by atoms with E-state index in [9.17, 15) is 18.4 Å². The van der Waals surface area contributed by atoms with Crippen LogP contribution in [0.1, 0.15) is 71.7 Å². The number of benzene rings is 1. The first kappa shape index (κ1) is 28.4. The van der Waals surface area contributed by atoms with Crippen molar-refractivity contribution < 1.29 is 32.1 Å². The SMILES string of the molecule is Cc1n[nH]c(C)c1-c1ncc(NC(=O)[C@@H](NC(=O)c2nonc2C(C)C)C2c3cc(F)c(F)cc3OCC23CC3)cc1F. The summed E-state index contributed by atoms with van der Waals surface area (Å²) >= 11 is 0. The van der Waals surface area contributed by atoms with Crippen LogP contribution in [0.3, 0.4) is 0 Å². The number of hydrogen-bond donors (Lipinski definition) is 3. The molecule has 0 bridgehead atoms. The second-order valence-corrected chi connectivity index (χ2v) is 11.4. The summed E-state index contributed by atoms with van der Waals surface area (Å²) in [5.41, 5.74) is 1.55. The van der Waals surface area contributed by atoms with Crippen molar-refractivity contribution in [1.82, 2.24) is 30.8 Å². The number of halogens is 3. The number of ether oxygens (including phenoxy) is 1. The summed E-state index contributed by atoms with van der Waals surface area (Å²) < 4.78 is 54.5. The second kappa shape index (κ2) is 10.5. The molecule has 2 atom stereocenters. The number of fused-ring (bicyclic) bond motifs is 1. The van der Waals surface area contributed by atoms with Crippen molar-refractivity contribution >= 4 is 17.5 Å². The quantitative estimate of drug-likeness (QED) is 0.278. The summed E-state index contributed by atoms with van der Waals surface area (Å²) in [6, 6.07) is 1.70. The van der Waals surface area contributed by atoms with Gasteiger partial charge in [-0.05, 0) is 37.9 Å². The molecule has 4 heterocycles. The molecule has 43 heavy (non-hydrogen) atoms. The molecule has 0 saturated heterocycles. The second-order valence-electron chi connectivity index (χ2n) is 11.4. The fourth-order valence-electron chi connectivity index (χ4n) is 5.75. The topological polar surface area (TPSA) is 148 Å². The van der Waals surface area contributed by atoms with Crippen LogP contribution in [0.5, 0.6) is 5.75 Å². The zero-order valence-corrected chi connectivity index (χ0v) is 23.7. The number of rotatable bonds is 7. The van der Waals surface area contributed by atoms with Crippen molar-refractivity contribution in [1.29, 1.82) is 0 Å². The van der Waals surface area contributed by atoms with Crippen LogP contribution < -0.4 is 15.4 Å². The van der Waals surface area contributed by atoms with Gasteiger partial charge in [0.25, 0.3) is 5.91 Å². The maximum absolute atomic E-state index is 15.3. The van der Waals surface area contributed by atoms with Crippen LogP contribution in [0.25, 0.3) is 11.3 Å². The number of nitrogens with zero attached hydrogens (tertiary/aromatic N) is 4. The molecule has 1 fully saturated rings. The number of nitrogens with one attached hydrogen (secondary N) is 3. The standard InChI is InChI=1S/C29H28F3N7O4/c1-12(2)23-26(39-43-38-23)28(41)35-25(22-16-8-17(30)18(31)9-20(16)42-11-29(22)5-6-29)27(40)34-15-7-19(32)24(33-10-15)21-13(3)36-37-14(21)4/h7-10,12,22,25H,5-6,11H2,1-4H3,(H,34,40)(H,35,41)(H,36,37)/t22?,25-/m0/s1. The lowest BCUT2D eigenvalue weighted by Crippen LogP contribution is -2.52. The molecule has 2 aliphatic rings. The van der Waals surface area contributed by atoms with Gasteiger partial charge in [-0.3, -0.25) is 19.7 Å². The van der Waals surface area contributed by atoms with Crippen LogP contribution >= 0.6 is 0 Å². The Morgan fingerprint density at radius 3 is 2.47 bits per heavy atom. The van der Waals surface area contributed by atoms with Gasteiger partial charge in [0.1, 0.15) is 23.2 Å². The number of anilines is 1. The Morgan fingerprint density at radius 1 is 1.07 bits per heavy atom. The first-order chi connectivity index (χ1) is 20.5. The first-order valence-corrected chi connectivity index (χ1v) is 13.7. The number of aromatic amines is 1. The Morgan fingerprint density at radius 2 is 1.81 bits per heavy atom. The molecule has 1 aromatic carbocycles. The van der Waals surface area contributed by atoms with E-state index in [1.807, 2.05) is 0 Å². The van der Waals surface area contributed by atoms with Crippen LogP contribution in [0.15, 0.2) is 29.0 Å². The van der Waals surface area contributed by atoms with E-state index >= 15 is 4.39 Å². The van der Waals surface area contributed by atoms with Gasteiger partial charge in [-0.15, -0.1) is 0 Å². The Balaban J connectivity index is 1.38. The number of aromatic nitrogens is 5. The molecule has 224 valence electrons. The zero-order chi connectivity index (χ0) is 30.6. The highest BCUT2D eigenvalue weighted by molar-refractivity contribution is 6.01. The maximum Gasteiger partial charge on any atom is 0.276 e. The average molecular weight is 596 g/mol. The van der Waals surface area contributed by atoms with Crippen LogP contribution in [0.4, 0.5) is 18.9 Å². The minimum Gasteiger partial charge on any atom is -0.493 e. The van der Waals surface area contributed by atoms with Crippen LogP contribution in [-0.4, -0.2) is 50.0 Å². The lowest BCUT2D eigenvalue weighted by molar-refractivity contribution is -0.119. The number of hydrogen-bond acceptors (Lipinski definition) is 8. The smallest absolute Gasteiger partial charge is 0.276 e. The van der Waals surface area contributed by atoms with Gasteiger partial charge in [0, 0.05) is 46.2 Å². The van der Waals surface area contributed by atoms with Gasteiger partial charge in [-0.2, -0.15) is 5.10 Å². The lowest BCUT2D eigenvalue weighted by Gasteiger charge is -2.38. The number of carbonyl (C=O) groups excluding carboxylic acids is 2. The molecule has 3 aromatic heterocycles. The van der Waals surface area contributed by atoms with Crippen LogP contribution in [0.2, 0.25) is 0 Å². The van der Waals surface area contributed by atoms with Gasteiger partial charge < -0.3 is 15.4 Å². The average Bonchev–Trinajstić information content (AvgIpc) is 3.38. The van der Waals surface area contributed by atoms with Crippen molar-refractivity contribution in [2.24, 2.45) is 5.41 Å². The highest BCUT2D eigenvalue weighted by Gasteiger charge is 2.58. The van der Waals surface area contributed by atoms with Gasteiger partial charge in [0.2, 0.25) is 5.91 Å². The molecule has 1 aliphatic carbocycles. The summed E-state index contributed by atoms with van der Waals surface area (Å²) in [6.45, 7) is 7.17. The summed E-state index contributed by atoms with van der Waals surface area (Å²) in [4.78, 5) is 31.7. The van der Waals surface area contributed by atoms with E-state index in [0.29, 0.717) is 29.8 Å². The fourth-order valence-corrected chi connectivity index (χ4v) is 5.75. The number of pyridine rings is 1. The Kier molecular flexibility index (Phi) is 6.93. The lowest BCUT2D eigenvalue weighted by atomic mass is 9.75. The van der Waals surface area contributed by atoms with Gasteiger partial charge >= 0.3 is 0 Å². The molecule has 2 amide bonds. The van der Waals surface area contributed by atoms with E-state index in [2.05, 4.69) is 36.1 Å². The third kappa shape index (κ3) is 5.00. The molecule has 1 aliphatic heterocycles. The van der Waals surface area contributed by atoms with Crippen molar-refractivity contribution in [2.75, 3.05) is 11.9 Å². The fraction of sp³-hybridized carbons (Fsp3) is 0.379. The third-order valence-corrected chi connectivity index (χ3v) is 8.11.